The van der Waals surface area contributed by atoms with E-state index in [1.807, 2.05) is 37.3 Å². The van der Waals surface area contributed by atoms with Crippen LogP contribution in [0.3, 0.4) is 0 Å². The summed E-state index contributed by atoms with van der Waals surface area (Å²) in [5.41, 5.74) is 4.68. The molecule has 0 saturated carbocycles. The molecule has 2 aromatic heterocycles. The highest BCUT2D eigenvalue weighted by Gasteiger charge is 2.07. The van der Waals surface area contributed by atoms with E-state index in [2.05, 4.69) is 32.2 Å². The Morgan fingerprint density at radius 1 is 1.15 bits per heavy atom. The van der Waals surface area contributed by atoms with Crippen LogP contribution in [0.1, 0.15) is 11.1 Å². The molecule has 27 heavy (non-hydrogen) atoms. The summed E-state index contributed by atoms with van der Waals surface area (Å²) in [6.07, 6.45) is 3.53. The van der Waals surface area contributed by atoms with Crippen LogP contribution in [0.2, 0.25) is 0 Å². The van der Waals surface area contributed by atoms with Gasteiger partial charge in [0, 0.05) is 23.1 Å². The smallest absolute Gasteiger partial charge is 0.408 e. The first kappa shape index (κ1) is 16.6. The zero-order valence-corrected chi connectivity index (χ0v) is 14.6. The van der Waals surface area contributed by atoms with Gasteiger partial charge in [0.15, 0.2) is 5.58 Å². The highest BCUT2D eigenvalue weighted by atomic mass is 16.4. The van der Waals surface area contributed by atoms with E-state index in [0.29, 0.717) is 22.9 Å². The highest BCUT2D eigenvalue weighted by Crippen LogP contribution is 2.23. The van der Waals surface area contributed by atoms with E-state index in [9.17, 15) is 4.79 Å². The molecule has 0 amide bonds. The fourth-order valence-corrected chi connectivity index (χ4v) is 2.67. The predicted octanol–water partition coefficient (Wildman–Crippen LogP) is 4.35. The number of anilines is 4. The summed E-state index contributed by atoms with van der Waals surface area (Å²) in [6, 6.07) is 13.2. The average molecular weight is 359 g/mol. The molecule has 2 heterocycles. The van der Waals surface area contributed by atoms with Gasteiger partial charge in [0.05, 0.1) is 5.52 Å². The van der Waals surface area contributed by atoms with Gasteiger partial charge in [0.1, 0.15) is 5.82 Å². The molecule has 0 aliphatic carbocycles. The maximum atomic E-state index is 11.3. The maximum absolute atomic E-state index is 11.3. The Kier molecular flexibility index (Phi) is 4.18. The molecule has 0 bridgehead atoms. The summed E-state index contributed by atoms with van der Waals surface area (Å²) in [7, 11) is 0. The Hall–Kier alpha value is -3.87. The third-order valence-corrected chi connectivity index (χ3v) is 4.03. The van der Waals surface area contributed by atoms with Gasteiger partial charge in [0.25, 0.3) is 0 Å². The highest BCUT2D eigenvalue weighted by molar-refractivity contribution is 5.78. The summed E-state index contributed by atoms with van der Waals surface area (Å²) in [6.45, 7) is 5.70. The number of hydrogen-bond acceptors (Lipinski definition) is 6. The molecule has 0 unspecified atom stereocenters. The first-order chi connectivity index (χ1) is 13.1. The van der Waals surface area contributed by atoms with E-state index in [1.165, 1.54) is 0 Å². The van der Waals surface area contributed by atoms with Crippen molar-refractivity contribution in [3.8, 4) is 0 Å². The number of hydrogen-bond donors (Lipinski definition) is 3. The zero-order chi connectivity index (χ0) is 18.8. The fraction of sp³-hybridized carbons (Fsp3) is 0.0500. The van der Waals surface area contributed by atoms with Gasteiger partial charge < -0.3 is 15.1 Å². The van der Waals surface area contributed by atoms with Gasteiger partial charge in [-0.05, 0) is 42.8 Å². The molecule has 7 nitrogen and oxygen atoms in total. The molecule has 7 heteroatoms. The standard InChI is InChI=1S/C20H17N5O2/c1-3-13-5-4-6-14(9-13)23-19-21-11-12(2)18(25-19)22-15-7-8-17-16(10-15)24-20(26)27-17/h3-11H,1H2,2H3,(H,24,26)(H2,21,22,23,25). The van der Waals surface area contributed by atoms with Crippen LogP contribution in [0.5, 0.6) is 0 Å². The quantitative estimate of drug-likeness (QED) is 0.490. The van der Waals surface area contributed by atoms with Crippen LogP contribution in [-0.4, -0.2) is 15.0 Å². The summed E-state index contributed by atoms with van der Waals surface area (Å²) in [5.74, 6) is 0.660. The minimum Gasteiger partial charge on any atom is -0.408 e. The second-order valence-electron chi connectivity index (χ2n) is 6.03. The molecule has 0 saturated heterocycles. The fourth-order valence-electron chi connectivity index (χ4n) is 2.67. The van der Waals surface area contributed by atoms with Crippen molar-refractivity contribution in [1.29, 1.82) is 0 Å². The van der Waals surface area contributed by atoms with Crippen LogP contribution in [0.15, 0.2) is 64.5 Å². The molecule has 0 spiro atoms. The Labute approximate surface area is 154 Å². The molecule has 0 aliphatic heterocycles. The third kappa shape index (κ3) is 3.57. The summed E-state index contributed by atoms with van der Waals surface area (Å²) >= 11 is 0. The number of fused-ring (bicyclic) bond motifs is 1. The molecule has 4 rings (SSSR count). The van der Waals surface area contributed by atoms with Crippen molar-refractivity contribution in [2.45, 2.75) is 6.92 Å². The molecule has 0 atom stereocenters. The molecule has 0 aliphatic rings. The minimum atomic E-state index is -0.478. The number of benzene rings is 2. The van der Waals surface area contributed by atoms with Crippen LogP contribution in [0.25, 0.3) is 17.2 Å². The third-order valence-electron chi connectivity index (χ3n) is 4.03. The Bertz CT molecular complexity index is 1190. The van der Waals surface area contributed by atoms with Crippen molar-refractivity contribution in [2.75, 3.05) is 10.6 Å². The molecule has 4 aromatic rings. The molecule has 3 N–H and O–H groups in total. The lowest BCUT2D eigenvalue weighted by molar-refractivity contribution is 0.555. The van der Waals surface area contributed by atoms with Crippen LogP contribution >= 0.6 is 0 Å². The first-order valence-electron chi connectivity index (χ1n) is 8.34. The number of rotatable bonds is 5. The summed E-state index contributed by atoms with van der Waals surface area (Å²) in [4.78, 5) is 22.8. The number of aromatic nitrogens is 3. The van der Waals surface area contributed by atoms with Crippen LogP contribution < -0.4 is 16.4 Å². The largest absolute Gasteiger partial charge is 0.417 e. The van der Waals surface area contributed by atoms with Gasteiger partial charge in [-0.1, -0.05) is 24.8 Å². The molecular weight excluding hydrogens is 342 g/mol. The number of oxazole rings is 1. The predicted molar refractivity (Wildman–Crippen MR) is 107 cm³/mol. The van der Waals surface area contributed by atoms with Crippen LogP contribution in [-0.2, 0) is 0 Å². The second-order valence-corrected chi connectivity index (χ2v) is 6.03. The number of aryl methyl sites for hydroxylation is 1. The average Bonchev–Trinajstić information content (AvgIpc) is 3.04. The van der Waals surface area contributed by atoms with E-state index < -0.39 is 5.76 Å². The SMILES string of the molecule is C=Cc1cccc(Nc2ncc(C)c(Nc3ccc4oc(=O)[nH]c4c3)n2)c1. The number of H-pyrrole nitrogens is 1. The van der Waals surface area contributed by atoms with E-state index in [-0.39, 0.29) is 0 Å². The normalized spacial score (nSPS) is 10.7. The Morgan fingerprint density at radius 2 is 2.00 bits per heavy atom. The van der Waals surface area contributed by atoms with Crippen molar-refractivity contribution >= 4 is 40.3 Å². The molecule has 0 radical (unpaired) electrons. The molecule has 2 aromatic carbocycles. The maximum Gasteiger partial charge on any atom is 0.417 e. The summed E-state index contributed by atoms with van der Waals surface area (Å²) in [5, 5.41) is 6.44. The topological polar surface area (TPSA) is 95.8 Å². The second kappa shape index (κ2) is 6.80. The number of nitrogens with one attached hydrogen (secondary N) is 3. The summed E-state index contributed by atoms with van der Waals surface area (Å²) < 4.78 is 5.02. The van der Waals surface area contributed by atoms with Crippen molar-refractivity contribution in [2.24, 2.45) is 0 Å². The Balaban J connectivity index is 1.61. The van der Waals surface area contributed by atoms with E-state index in [4.69, 9.17) is 4.42 Å². The van der Waals surface area contributed by atoms with Crippen LogP contribution in [0, 0.1) is 6.92 Å². The van der Waals surface area contributed by atoms with Gasteiger partial charge in [-0.3, -0.25) is 4.98 Å². The lowest BCUT2D eigenvalue weighted by atomic mass is 10.2. The zero-order valence-electron chi connectivity index (χ0n) is 14.6. The van der Waals surface area contributed by atoms with E-state index in [1.54, 1.807) is 24.4 Å². The molecule has 0 fully saturated rings. The monoisotopic (exact) mass is 359 g/mol. The van der Waals surface area contributed by atoms with Gasteiger partial charge in [-0.2, -0.15) is 4.98 Å². The van der Waals surface area contributed by atoms with Crippen molar-refractivity contribution in [3.63, 3.8) is 0 Å². The molecule has 134 valence electrons. The van der Waals surface area contributed by atoms with Gasteiger partial charge in [-0.25, -0.2) is 9.78 Å². The van der Waals surface area contributed by atoms with Crippen LogP contribution in [0.4, 0.5) is 23.1 Å². The van der Waals surface area contributed by atoms with Gasteiger partial charge >= 0.3 is 5.76 Å². The molecular formula is C20H17N5O2. The Morgan fingerprint density at radius 3 is 2.85 bits per heavy atom. The number of aromatic amines is 1. The minimum absolute atomic E-state index is 0.474. The van der Waals surface area contributed by atoms with Gasteiger partial charge in [-0.15, -0.1) is 0 Å². The lowest BCUT2D eigenvalue weighted by Gasteiger charge is -2.11. The van der Waals surface area contributed by atoms with E-state index in [0.717, 1.165) is 22.5 Å². The van der Waals surface area contributed by atoms with Crippen molar-refractivity contribution < 1.29 is 4.42 Å². The lowest BCUT2D eigenvalue weighted by Crippen LogP contribution is -2.03. The number of nitrogens with zero attached hydrogens (tertiary/aromatic N) is 2. The van der Waals surface area contributed by atoms with Crippen molar-refractivity contribution in [1.82, 2.24) is 15.0 Å². The van der Waals surface area contributed by atoms with E-state index >= 15 is 0 Å². The van der Waals surface area contributed by atoms with Gasteiger partial charge in [0.2, 0.25) is 5.95 Å². The first-order valence-corrected chi connectivity index (χ1v) is 8.34. The van der Waals surface area contributed by atoms with Crippen molar-refractivity contribution in [3.05, 3.63) is 76.9 Å².